The summed E-state index contributed by atoms with van der Waals surface area (Å²) >= 11 is 0. The van der Waals surface area contributed by atoms with Crippen LogP contribution >= 0.6 is 0 Å². The molecule has 0 radical (unpaired) electrons. The molecule has 0 heterocycles. The zero-order valence-corrected chi connectivity index (χ0v) is 11.2. The van der Waals surface area contributed by atoms with Gasteiger partial charge >= 0.3 is 0 Å². The van der Waals surface area contributed by atoms with Gasteiger partial charge in [0.05, 0.1) is 6.10 Å². The summed E-state index contributed by atoms with van der Waals surface area (Å²) in [5, 5.41) is 0. The molecule has 2 heteroatoms. The van der Waals surface area contributed by atoms with Crippen molar-refractivity contribution in [3.63, 3.8) is 0 Å². The molecule has 0 aliphatic heterocycles. The quantitative estimate of drug-likeness (QED) is 0.475. The van der Waals surface area contributed by atoms with Gasteiger partial charge in [0.1, 0.15) is 0 Å². The topological polar surface area (TPSA) is 9.23 Å². The van der Waals surface area contributed by atoms with Crippen molar-refractivity contribution in [2.75, 3.05) is 0 Å². The molecule has 0 bridgehead atoms. The van der Waals surface area contributed by atoms with Crippen molar-refractivity contribution in [2.24, 2.45) is 0 Å². The lowest BCUT2D eigenvalue weighted by Crippen LogP contribution is -2.30. The Labute approximate surface area is 90.0 Å². The molecule has 0 aliphatic carbocycles. The van der Waals surface area contributed by atoms with Crippen molar-refractivity contribution >= 4 is 8.32 Å². The molecule has 1 unspecified atom stereocenters. The molecule has 0 rings (SSSR count). The van der Waals surface area contributed by atoms with Gasteiger partial charge in [-0.15, -0.1) is 0 Å². The molecule has 0 fully saturated rings. The van der Waals surface area contributed by atoms with Crippen LogP contribution in [0.25, 0.3) is 0 Å². The van der Waals surface area contributed by atoms with Gasteiger partial charge in [0, 0.05) is 0 Å². The van der Waals surface area contributed by atoms with Crippen LogP contribution in [0.4, 0.5) is 0 Å². The smallest absolute Gasteiger partial charge is 0.184 e. The van der Waals surface area contributed by atoms with E-state index in [1.807, 2.05) is 6.92 Å². The summed E-state index contributed by atoms with van der Waals surface area (Å²) in [4.78, 5) is 0. The SMILES string of the molecule is CC=CC(CC=CCC)O[Si](C)(C)C. The van der Waals surface area contributed by atoms with E-state index in [-0.39, 0.29) is 6.10 Å². The molecule has 0 aliphatic rings. The van der Waals surface area contributed by atoms with E-state index in [0.29, 0.717) is 0 Å². The van der Waals surface area contributed by atoms with E-state index in [1.165, 1.54) is 0 Å². The lowest BCUT2D eigenvalue weighted by atomic mass is 10.2. The predicted molar refractivity (Wildman–Crippen MR) is 67.1 cm³/mol. The highest BCUT2D eigenvalue weighted by molar-refractivity contribution is 6.69. The third-order valence-corrected chi connectivity index (χ3v) is 2.69. The van der Waals surface area contributed by atoms with Crippen LogP contribution in [0.15, 0.2) is 24.3 Å². The highest BCUT2D eigenvalue weighted by Gasteiger charge is 2.18. The van der Waals surface area contributed by atoms with Crippen molar-refractivity contribution < 1.29 is 4.43 Å². The second-order valence-corrected chi connectivity index (χ2v) is 8.87. The van der Waals surface area contributed by atoms with Crippen LogP contribution in [0.3, 0.4) is 0 Å². The molecule has 0 aromatic carbocycles. The Morgan fingerprint density at radius 2 is 1.86 bits per heavy atom. The predicted octanol–water partition coefficient (Wildman–Crippen LogP) is 4.14. The monoisotopic (exact) mass is 212 g/mol. The highest BCUT2D eigenvalue weighted by Crippen LogP contribution is 2.12. The largest absolute Gasteiger partial charge is 0.411 e. The molecule has 0 spiro atoms. The number of allylic oxidation sites excluding steroid dienone is 2. The fraction of sp³-hybridized carbons (Fsp3) is 0.667. The summed E-state index contributed by atoms with van der Waals surface area (Å²) in [5.41, 5.74) is 0. The minimum atomic E-state index is -1.40. The van der Waals surface area contributed by atoms with Gasteiger partial charge in [-0.3, -0.25) is 0 Å². The van der Waals surface area contributed by atoms with Crippen molar-refractivity contribution in [1.82, 2.24) is 0 Å². The van der Waals surface area contributed by atoms with Gasteiger partial charge in [-0.05, 0) is 39.4 Å². The van der Waals surface area contributed by atoms with Crippen LogP contribution in [0.2, 0.25) is 19.6 Å². The highest BCUT2D eigenvalue weighted by atomic mass is 28.4. The normalized spacial score (nSPS) is 15.5. The first kappa shape index (κ1) is 13.7. The zero-order valence-electron chi connectivity index (χ0n) is 10.2. The van der Waals surface area contributed by atoms with Gasteiger partial charge in [0.15, 0.2) is 8.32 Å². The molecule has 0 aromatic rings. The summed E-state index contributed by atoms with van der Waals surface area (Å²) in [6, 6.07) is 0. The second-order valence-electron chi connectivity index (χ2n) is 4.41. The summed E-state index contributed by atoms with van der Waals surface area (Å²) < 4.78 is 6.03. The molecule has 1 nitrogen and oxygen atoms in total. The standard InChI is InChI=1S/C12H24OSi/c1-6-8-9-11-12(10-7-2)13-14(3,4)5/h7-10,12H,6,11H2,1-5H3. The molecule has 82 valence electrons. The summed E-state index contributed by atoms with van der Waals surface area (Å²) in [6.45, 7) is 10.9. The van der Waals surface area contributed by atoms with Gasteiger partial charge in [0.2, 0.25) is 0 Å². The average molecular weight is 212 g/mol. The van der Waals surface area contributed by atoms with Crippen LogP contribution in [-0.4, -0.2) is 14.4 Å². The molecular weight excluding hydrogens is 188 g/mol. The molecule has 0 N–H and O–H groups in total. The lowest BCUT2D eigenvalue weighted by molar-refractivity contribution is 0.245. The molecule has 14 heavy (non-hydrogen) atoms. The molecule has 0 aromatic heterocycles. The molecule has 1 atom stereocenters. The van der Waals surface area contributed by atoms with Crippen molar-refractivity contribution in [1.29, 1.82) is 0 Å². The Bertz CT molecular complexity index is 189. The Morgan fingerprint density at radius 1 is 1.21 bits per heavy atom. The maximum atomic E-state index is 6.03. The average Bonchev–Trinajstić information content (AvgIpc) is 2.02. The minimum Gasteiger partial charge on any atom is -0.411 e. The van der Waals surface area contributed by atoms with Crippen LogP contribution in [0.1, 0.15) is 26.7 Å². The fourth-order valence-corrected chi connectivity index (χ4v) is 2.31. The number of rotatable bonds is 6. The van der Waals surface area contributed by atoms with E-state index in [4.69, 9.17) is 4.43 Å². The third kappa shape index (κ3) is 8.26. The first-order valence-corrected chi connectivity index (χ1v) is 8.86. The number of hydrogen-bond donors (Lipinski definition) is 0. The Morgan fingerprint density at radius 3 is 2.29 bits per heavy atom. The Balaban J connectivity index is 4.09. The second kappa shape index (κ2) is 7.02. The first-order chi connectivity index (χ1) is 6.49. The van der Waals surface area contributed by atoms with Gasteiger partial charge in [0.25, 0.3) is 0 Å². The summed E-state index contributed by atoms with van der Waals surface area (Å²) in [5.74, 6) is 0. The van der Waals surface area contributed by atoms with Crippen LogP contribution in [0.5, 0.6) is 0 Å². The van der Waals surface area contributed by atoms with E-state index in [1.54, 1.807) is 0 Å². The van der Waals surface area contributed by atoms with Gasteiger partial charge in [-0.1, -0.05) is 31.2 Å². The molecular formula is C12H24OSi. The molecule has 0 amide bonds. The van der Waals surface area contributed by atoms with Crippen LogP contribution in [0, 0.1) is 0 Å². The maximum absolute atomic E-state index is 6.03. The van der Waals surface area contributed by atoms with Crippen LogP contribution in [-0.2, 0) is 4.43 Å². The molecule has 0 saturated carbocycles. The van der Waals surface area contributed by atoms with Crippen molar-refractivity contribution in [3.8, 4) is 0 Å². The summed E-state index contributed by atoms with van der Waals surface area (Å²) in [7, 11) is -1.40. The van der Waals surface area contributed by atoms with Crippen molar-refractivity contribution in [3.05, 3.63) is 24.3 Å². The Hall–Kier alpha value is -0.343. The lowest BCUT2D eigenvalue weighted by Gasteiger charge is -2.23. The van der Waals surface area contributed by atoms with E-state index in [2.05, 4.69) is 50.9 Å². The third-order valence-electron chi connectivity index (χ3n) is 1.68. The van der Waals surface area contributed by atoms with Gasteiger partial charge < -0.3 is 4.43 Å². The fourth-order valence-electron chi connectivity index (χ4n) is 1.23. The van der Waals surface area contributed by atoms with Crippen molar-refractivity contribution in [2.45, 2.75) is 52.4 Å². The minimum absolute atomic E-state index is 0.273. The van der Waals surface area contributed by atoms with Gasteiger partial charge in [-0.2, -0.15) is 0 Å². The van der Waals surface area contributed by atoms with Gasteiger partial charge in [-0.25, -0.2) is 0 Å². The van der Waals surface area contributed by atoms with E-state index >= 15 is 0 Å². The first-order valence-electron chi connectivity index (χ1n) is 5.45. The zero-order chi connectivity index (χ0) is 11.0. The maximum Gasteiger partial charge on any atom is 0.184 e. The summed E-state index contributed by atoms with van der Waals surface area (Å²) in [6.07, 6.45) is 11.0. The molecule has 0 saturated heterocycles. The van der Waals surface area contributed by atoms with E-state index < -0.39 is 8.32 Å². The van der Waals surface area contributed by atoms with E-state index in [9.17, 15) is 0 Å². The number of hydrogen-bond acceptors (Lipinski definition) is 1. The Kier molecular flexibility index (Phi) is 6.84. The van der Waals surface area contributed by atoms with Crippen LogP contribution < -0.4 is 0 Å². The van der Waals surface area contributed by atoms with E-state index in [0.717, 1.165) is 12.8 Å².